The molecule has 0 aromatic heterocycles. The highest BCUT2D eigenvalue weighted by atomic mass is 35.5. The van der Waals surface area contributed by atoms with Crippen LogP contribution in [-0.4, -0.2) is 73.2 Å². The molecule has 0 heterocycles. The molecule has 0 spiro atoms. The SMILES string of the molecule is C=CCOc1ccc(CC(=O)N[C@@H](Cc2ccccc2)C(=O)N[C@@H](Cc2ccccc2)C(=O)OC)cc1Cl.C=CCOc1ccc(CC(=O)N[C@@H](Cc2ccccc2)C(=O)O)cc1Cl. The summed E-state index contributed by atoms with van der Waals surface area (Å²) in [5.74, 6) is -1.89. The van der Waals surface area contributed by atoms with Gasteiger partial charge in [0, 0.05) is 19.3 Å². The minimum atomic E-state index is -1.08. The summed E-state index contributed by atoms with van der Waals surface area (Å²) in [4.78, 5) is 62.5. The van der Waals surface area contributed by atoms with E-state index in [1.807, 2.05) is 91.0 Å². The molecule has 0 aliphatic rings. The Kier molecular flexibility index (Phi) is 20.6. The van der Waals surface area contributed by atoms with Gasteiger partial charge in [0.05, 0.1) is 30.0 Å². The number of carbonyl (C=O) groups excluding carboxylic acids is 4. The van der Waals surface area contributed by atoms with Crippen molar-refractivity contribution in [1.82, 2.24) is 16.0 Å². The largest absolute Gasteiger partial charge is 0.488 e. The van der Waals surface area contributed by atoms with Gasteiger partial charge in [0.15, 0.2) is 0 Å². The van der Waals surface area contributed by atoms with E-state index >= 15 is 0 Å². The first-order valence-corrected chi connectivity index (χ1v) is 21.0. The van der Waals surface area contributed by atoms with E-state index in [1.165, 1.54) is 7.11 Å². The van der Waals surface area contributed by atoms with Crippen molar-refractivity contribution >= 4 is 52.9 Å². The molecule has 0 aliphatic carbocycles. The molecule has 0 bridgehead atoms. The van der Waals surface area contributed by atoms with E-state index < -0.39 is 36.0 Å². The van der Waals surface area contributed by atoms with E-state index in [1.54, 1.807) is 48.6 Å². The number of carbonyl (C=O) groups is 5. The van der Waals surface area contributed by atoms with Crippen molar-refractivity contribution in [2.24, 2.45) is 0 Å². The van der Waals surface area contributed by atoms with Crippen molar-refractivity contribution in [1.29, 1.82) is 0 Å². The molecule has 14 heteroatoms. The maximum absolute atomic E-state index is 13.4. The summed E-state index contributed by atoms with van der Waals surface area (Å²) < 4.78 is 15.8. The predicted molar refractivity (Wildman–Crippen MR) is 248 cm³/mol. The van der Waals surface area contributed by atoms with Crippen LogP contribution >= 0.6 is 23.2 Å². The second kappa shape index (κ2) is 26.6. The van der Waals surface area contributed by atoms with Gasteiger partial charge in [-0.25, -0.2) is 9.59 Å². The van der Waals surface area contributed by atoms with E-state index in [4.69, 9.17) is 37.4 Å². The number of rotatable bonds is 22. The highest BCUT2D eigenvalue weighted by Crippen LogP contribution is 2.27. The van der Waals surface area contributed by atoms with Crippen LogP contribution in [-0.2, 0) is 60.8 Å². The number of amides is 3. The number of methoxy groups -OCH3 is 1. The Hall–Kier alpha value is -6.89. The molecule has 3 atom stereocenters. The molecule has 0 radical (unpaired) electrons. The molecule has 12 nitrogen and oxygen atoms in total. The number of halogens is 2. The first-order valence-electron chi connectivity index (χ1n) is 20.2. The van der Waals surface area contributed by atoms with Gasteiger partial charge in [-0.3, -0.25) is 14.4 Å². The van der Waals surface area contributed by atoms with Crippen molar-refractivity contribution in [2.75, 3.05) is 20.3 Å². The molecule has 5 aromatic carbocycles. The zero-order valence-electron chi connectivity index (χ0n) is 35.3. The molecule has 5 aromatic rings. The van der Waals surface area contributed by atoms with Crippen LogP contribution in [0, 0.1) is 0 Å². The molecule has 0 fully saturated rings. The fourth-order valence-corrected chi connectivity index (χ4v) is 6.78. The molecule has 3 amide bonds. The van der Waals surface area contributed by atoms with Crippen molar-refractivity contribution in [3.8, 4) is 11.5 Å². The summed E-state index contributed by atoms with van der Waals surface area (Å²) in [5.41, 5.74) is 3.89. The Labute approximate surface area is 383 Å². The van der Waals surface area contributed by atoms with Gasteiger partial charge >= 0.3 is 11.9 Å². The number of carboxylic acids is 1. The fourth-order valence-electron chi connectivity index (χ4n) is 6.27. The van der Waals surface area contributed by atoms with Gasteiger partial charge < -0.3 is 35.3 Å². The average molecular weight is 909 g/mol. The quantitative estimate of drug-likeness (QED) is 0.0410. The van der Waals surface area contributed by atoms with Gasteiger partial charge in [0.25, 0.3) is 0 Å². The molecule has 0 saturated heterocycles. The number of hydrogen-bond donors (Lipinski definition) is 4. The lowest BCUT2D eigenvalue weighted by atomic mass is 10.0. The van der Waals surface area contributed by atoms with Gasteiger partial charge in [-0.05, 0) is 52.1 Å². The smallest absolute Gasteiger partial charge is 0.328 e. The van der Waals surface area contributed by atoms with Crippen LogP contribution < -0.4 is 25.4 Å². The lowest BCUT2D eigenvalue weighted by molar-refractivity contribution is -0.145. The molecule has 0 saturated carbocycles. The maximum Gasteiger partial charge on any atom is 0.328 e. The second-order valence-electron chi connectivity index (χ2n) is 14.3. The van der Waals surface area contributed by atoms with Crippen LogP contribution in [0.4, 0.5) is 0 Å². The van der Waals surface area contributed by atoms with Crippen LogP contribution in [0.25, 0.3) is 0 Å². The van der Waals surface area contributed by atoms with E-state index in [2.05, 4.69) is 29.1 Å². The number of ether oxygens (including phenoxy) is 3. The predicted octanol–water partition coefficient (Wildman–Crippen LogP) is 7.33. The number of nitrogens with one attached hydrogen (secondary N) is 3. The van der Waals surface area contributed by atoms with Gasteiger partial charge in [-0.2, -0.15) is 0 Å². The number of esters is 1. The Balaban J connectivity index is 0.000000301. The van der Waals surface area contributed by atoms with Crippen LogP contribution in [0.2, 0.25) is 10.0 Å². The standard InChI is InChI=1S/C30H31ClN2O5.C20H20ClNO4/c1-3-16-38-27-15-14-23(17-24(27)31)20-28(34)32-25(18-21-10-6-4-7-11-21)29(35)33-26(30(36)37-2)19-22-12-8-5-9-13-22;1-2-10-26-18-9-8-15(11-16(18)21)13-19(23)22-17(20(24)25)12-14-6-4-3-5-7-14/h3-15,17,25-26H,1,16,18-20H2,2H3,(H,32,34)(H,33,35);2-9,11,17H,1,10,12-13H2,(H,22,23)(H,24,25)/t25-,26-;17-/m00/s1. The van der Waals surface area contributed by atoms with Crippen molar-refractivity contribution in [2.45, 2.75) is 50.2 Å². The summed E-state index contributed by atoms with van der Waals surface area (Å²) in [6.45, 7) is 7.82. The lowest BCUT2D eigenvalue weighted by Gasteiger charge is -2.23. The highest BCUT2D eigenvalue weighted by molar-refractivity contribution is 6.32. The monoisotopic (exact) mass is 907 g/mol. The van der Waals surface area contributed by atoms with Crippen LogP contribution in [0.1, 0.15) is 27.8 Å². The molecule has 5 rings (SSSR count). The zero-order valence-corrected chi connectivity index (χ0v) is 36.9. The summed E-state index contributed by atoms with van der Waals surface area (Å²) >= 11 is 12.4. The fraction of sp³-hybridized carbons (Fsp3) is 0.220. The molecule has 64 heavy (non-hydrogen) atoms. The van der Waals surface area contributed by atoms with Gasteiger partial charge in [0.2, 0.25) is 17.7 Å². The zero-order chi connectivity index (χ0) is 46.3. The second-order valence-corrected chi connectivity index (χ2v) is 15.1. The highest BCUT2D eigenvalue weighted by Gasteiger charge is 2.28. The minimum absolute atomic E-state index is 0.00444. The summed E-state index contributed by atoms with van der Waals surface area (Å²) in [7, 11) is 1.27. The normalized spacial score (nSPS) is 11.8. The Bertz CT molecular complexity index is 2330. The third kappa shape index (κ3) is 17.1. The number of carboxylic acid groups (broad SMARTS) is 1. The molecule has 4 N–H and O–H groups in total. The van der Waals surface area contributed by atoms with Crippen molar-refractivity contribution < 1.29 is 43.3 Å². The first-order chi connectivity index (χ1) is 30.9. The van der Waals surface area contributed by atoms with E-state index in [9.17, 15) is 29.1 Å². The summed E-state index contributed by atoms with van der Waals surface area (Å²) in [6.07, 6.45) is 3.97. The minimum Gasteiger partial charge on any atom is -0.488 e. The van der Waals surface area contributed by atoms with E-state index in [0.717, 1.165) is 16.7 Å². The molecule has 0 aliphatic heterocycles. The Morgan fingerprint density at radius 2 is 0.953 bits per heavy atom. The topological polar surface area (TPSA) is 169 Å². The Morgan fingerprint density at radius 1 is 0.562 bits per heavy atom. The first kappa shape index (κ1) is 49.8. The molecular weight excluding hydrogens is 857 g/mol. The van der Waals surface area contributed by atoms with Crippen molar-refractivity contribution in [3.63, 3.8) is 0 Å². The lowest BCUT2D eigenvalue weighted by Crippen LogP contribution is -2.53. The molecule has 334 valence electrons. The van der Waals surface area contributed by atoms with Crippen LogP contribution in [0.3, 0.4) is 0 Å². The van der Waals surface area contributed by atoms with Crippen molar-refractivity contribution in [3.05, 3.63) is 191 Å². The molecule has 0 unspecified atom stereocenters. The number of benzene rings is 5. The number of hydrogen-bond acceptors (Lipinski definition) is 8. The third-order valence-electron chi connectivity index (χ3n) is 9.37. The van der Waals surface area contributed by atoms with Gasteiger partial charge in [-0.15, -0.1) is 0 Å². The van der Waals surface area contributed by atoms with Gasteiger partial charge in [-0.1, -0.05) is 152 Å². The van der Waals surface area contributed by atoms with Gasteiger partial charge in [0.1, 0.15) is 42.8 Å². The summed E-state index contributed by atoms with van der Waals surface area (Å²) in [5, 5.41) is 18.3. The third-order valence-corrected chi connectivity index (χ3v) is 9.96. The van der Waals surface area contributed by atoms with Crippen LogP contribution in [0.5, 0.6) is 11.5 Å². The Morgan fingerprint density at radius 3 is 1.33 bits per heavy atom. The van der Waals surface area contributed by atoms with E-state index in [-0.39, 0.29) is 43.9 Å². The summed E-state index contributed by atoms with van der Waals surface area (Å²) in [6, 6.07) is 35.1. The van der Waals surface area contributed by atoms with E-state index in [0.29, 0.717) is 45.9 Å². The van der Waals surface area contributed by atoms with Crippen LogP contribution in [0.15, 0.2) is 153 Å². The average Bonchev–Trinajstić information content (AvgIpc) is 3.28. The number of aliphatic carboxylic acids is 1. The maximum atomic E-state index is 13.4. The molecular formula is C50H51Cl2N3O9.